The predicted molar refractivity (Wildman–Crippen MR) is 82.1 cm³/mol. The van der Waals surface area contributed by atoms with Crippen LogP contribution in [-0.4, -0.2) is 20.2 Å². The highest BCUT2D eigenvalue weighted by Gasteiger charge is 2.12. The molecular weight excluding hydrogens is 270 g/mol. The fraction of sp³-hybridized carbons (Fsp3) is 0.571. The van der Waals surface area contributed by atoms with E-state index in [1.807, 2.05) is 0 Å². The van der Waals surface area contributed by atoms with Crippen LogP contribution in [0.3, 0.4) is 0 Å². The Balaban J connectivity index is 2.12. The topological polar surface area (TPSA) is 63.6 Å². The Kier molecular flexibility index (Phi) is 5.00. The molecule has 2 heterocycles. The van der Waals surface area contributed by atoms with Crippen LogP contribution in [0, 0.1) is 0 Å². The lowest BCUT2D eigenvalue weighted by Gasteiger charge is -2.12. The first-order chi connectivity index (χ1) is 9.67. The number of hydrogen-bond donors (Lipinski definition) is 1. The normalized spacial score (nSPS) is 12.4. The molecule has 0 aliphatic carbocycles. The van der Waals surface area contributed by atoms with Crippen molar-refractivity contribution in [2.24, 2.45) is 0 Å². The van der Waals surface area contributed by atoms with Crippen molar-refractivity contribution < 1.29 is 0 Å². The molecule has 1 unspecified atom stereocenters. The van der Waals surface area contributed by atoms with E-state index in [0.29, 0.717) is 5.95 Å². The Hall–Kier alpha value is -1.56. The second-order valence-electron chi connectivity index (χ2n) is 4.62. The van der Waals surface area contributed by atoms with E-state index >= 15 is 0 Å². The number of nitrogens with zero attached hydrogens (tertiary/aromatic N) is 4. The van der Waals surface area contributed by atoms with Crippen molar-refractivity contribution in [3.05, 3.63) is 27.5 Å². The molecule has 0 fully saturated rings. The molecule has 1 atom stereocenters. The summed E-state index contributed by atoms with van der Waals surface area (Å²) >= 11 is 1.69. The second-order valence-corrected chi connectivity index (χ2v) is 5.56. The minimum Gasteiger partial charge on any atom is -0.345 e. The van der Waals surface area contributed by atoms with Crippen LogP contribution in [0.2, 0.25) is 0 Å². The first-order valence-electron chi connectivity index (χ1n) is 7.11. The van der Waals surface area contributed by atoms with Gasteiger partial charge in [0.1, 0.15) is 0 Å². The molecule has 0 aliphatic rings. The van der Waals surface area contributed by atoms with Gasteiger partial charge < -0.3 is 5.32 Å². The third-order valence-corrected chi connectivity index (χ3v) is 4.18. The van der Waals surface area contributed by atoms with Gasteiger partial charge in [-0.15, -0.1) is 16.4 Å². The van der Waals surface area contributed by atoms with Crippen LogP contribution in [0.15, 0.2) is 5.38 Å². The van der Waals surface area contributed by atoms with E-state index in [9.17, 15) is 0 Å². The van der Waals surface area contributed by atoms with E-state index in [2.05, 4.69) is 58.6 Å². The van der Waals surface area contributed by atoms with Gasteiger partial charge in [0.05, 0.1) is 28.1 Å². The SMILES string of the molecule is CCc1nc(C(C)Nc2nnc(CC)c(CC)n2)cs1. The van der Waals surface area contributed by atoms with Gasteiger partial charge in [-0.25, -0.2) is 9.97 Å². The first-order valence-corrected chi connectivity index (χ1v) is 7.99. The number of aromatic nitrogens is 4. The monoisotopic (exact) mass is 291 g/mol. The third-order valence-electron chi connectivity index (χ3n) is 3.17. The van der Waals surface area contributed by atoms with Crippen LogP contribution >= 0.6 is 11.3 Å². The Morgan fingerprint density at radius 3 is 2.40 bits per heavy atom. The van der Waals surface area contributed by atoms with Gasteiger partial charge in [0.25, 0.3) is 0 Å². The Morgan fingerprint density at radius 2 is 1.80 bits per heavy atom. The smallest absolute Gasteiger partial charge is 0.243 e. The molecule has 0 radical (unpaired) electrons. The highest BCUT2D eigenvalue weighted by atomic mass is 32.1. The maximum absolute atomic E-state index is 4.58. The number of hydrogen-bond acceptors (Lipinski definition) is 6. The van der Waals surface area contributed by atoms with Crippen LogP contribution < -0.4 is 5.32 Å². The molecule has 6 heteroatoms. The molecule has 0 bridgehead atoms. The zero-order valence-corrected chi connectivity index (χ0v) is 13.3. The fourth-order valence-corrected chi connectivity index (χ4v) is 2.79. The van der Waals surface area contributed by atoms with Crippen LogP contribution in [0.4, 0.5) is 5.95 Å². The van der Waals surface area contributed by atoms with Gasteiger partial charge in [0, 0.05) is 5.38 Å². The molecular formula is C14H21N5S. The quantitative estimate of drug-likeness (QED) is 0.885. The summed E-state index contributed by atoms with van der Waals surface area (Å²) in [4.78, 5) is 9.13. The molecule has 0 aromatic carbocycles. The molecule has 0 saturated carbocycles. The minimum absolute atomic E-state index is 0.0885. The molecule has 0 amide bonds. The molecule has 0 saturated heterocycles. The summed E-state index contributed by atoms with van der Waals surface area (Å²) in [6.07, 6.45) is 2.71. The average Bonchev–Trinajstić information content (AvgIpc) is 2.96. The summed E-state index contributed by atoms with van der Waals surface area (Å²) in [5.74, 6) is 0.581. The maximum Gasteiger partial charge on any atom is 0.243 e. The maximum atomic E-state index is 4.58. The highest BCUT2D eigenvalue weighted by molar-refractivity contribution is 7.09. The molecule has 2 aromatic heterocycles. The highest BCUT2D eigenvalue weighted by Crippen LogP contribution is 2.20. The van der Waals surface area contributed by atoms with E-state index in [-0.39, 0.29) is 6.04 Å². The van der Waals surface area contributed by atoms with E-state index in [0.717, 1.165) is 41.4 Å². The lowest BCUT2D eigenvalue weighted by Crippen LogP contribution is -2.13. The van der Waals surface area contributed by atoms with Crippen molar-refractivity contribution in [1.82, 2.24) is 20.2 Å². The predicted octanol–water partition coefficient (Wildman–Crippen LogP) is 3.19. The van der Waals surface area contributed by atoms with Crippen molar-refractivity contribution in [2.45, 2.75) is 53.0 Å². The van der Waals surface area contributed by atoms with E-state index < -0.39 is 0 Å². The Labute approximate surface area is 123 Å². The number of aryl methyl sites for hydroxylation is 3. The number of thiazole rings is 1. The summed E-state index contributed by atoms with van der Waals surface area (Å²) < 4.78 is 0. The van der Waals surface area contributed by atoms with Gasteiger partial charge in [0.15, 0.2) is 0 Å². The van der Waals surface area contributed by atoms with Gasteiger partial charge in [-0.2, -0.15) is 5.10 Å². The van der Waals surface area contributed by atoms with Gasteiger partial charge in [0.2, 0.25) is 5.95 Å². The number of anilines is 1. The van der Waals surface area contributed by atoms with E-state index in [4.69, 9.17) is 0 Å². The number of nitrogens with one attached hydrogen (secondary N) is 1. The summed E-state index contributed by atoms with van der Waals surface area (Å²) in [5, 5.41) is 14.9. The van der Waals surface area contributed by atoms with Crippen molar-refractivity contribution >= 4 is 17.3 Å². The zero-order valence-electron chi connectivity index (χ0n) is 12.5. The largest absolute Gasteiger partial charge is 0.345 e. The Morgan fingerprint density at radius 1 is 1.05 bits per heavy atom. The van der Waals surface area contributed by atoms with Crippen LogP contribution in [0.5, 0.6) is 0 Å². The summed E-state index contributed by atoms with van der Waals surface area (Å²) in [7, 11) is 0. The molecule has 108 valence electrons. The van der Waals surface area contributed by atoms with Gasteiger partial charge in [-0.05, 0) is 26.2 Å². The lowest BCUT2D eigenvalue weighted by molar-refractivity contribution is 0.777. The molecule has 5 nitrogen and oxygen atoms in total. The summed E-state index contributed by atoms with van der Waals surface area (Å²) in [5.41, 5.74) is 3.03. The standard InChI is InChI=1S/C14H21N5S/c1-5-10-11(6-2)18-19-14(17-10)15-9(4)12-8-20-13(7-3)16-12/h8-9H,5-7H2,1-4H3,(H,15,17,19). The van der Waals surface area contributed by atoms with Crippen molar-refractivity contribution in [1.29, 1.82) is 0 Å². The molecule has 2 aromatic rings. The molecule has 0 spiro atoms. The molecule has 0 aliphatic heterocycles. The van der Waals surface area contributed by atoms with Crippen molar-refractivity contribution in [3.63, 3.8) is 0 Å². The zero-order chi connectivity index (χ0) is 14.5. The second kappa shape index (κ2) is 6.74. The summed E-state index contributed by atoms with van der Waals surface area (Å²) in [6.45, 7) is 8.34. The van der Waals surface area contributed by atoms with E-state index in [1.165, 1.54) is 0 Å². The minimum atomic E-state index is 0.0885. The van der Waals surface area contributed by atoms with Gasteiger partial charge in [-0.3, -0.25) is 0 Å². The third kappa shape index (κ3) is 3.30. The van der Waals surface area contributed by atoms with Crippen LogP contribution in [-0.2, 0) is 19.3 Å². The first kappa shape index (κ1) is 14.8. The van der Waals surface area contributed by atoms with Crippen molar-refractivity contribution in [2.75, 3.05) is 5.32 Å². The summed E-state index contributed by atoms with van der Waals surface area (Å²) in [6, 6.07) is 0.0885. The molecule has 1 N–H and O–H groups in total. The van der Waals surface area contributed by atoms with E-state index in [1.54, 1.807) is 11.3 Å². The van der Waals surface area contributed by atoms with Crippen LogP contribution in [0.1, 0.15) is 55.8 Å². The van der Waals surface area contributed by atoms with Gasteiger partial charge >= 0.3 is 0 Å². The van der Waals surface area contributed by atoms with Gasteiger partial charge in [-0.1, -0.05) is 20.8 Å². The number of rotatable bonds is 6. The molecule has 2 rings (SSSR count). The average molecular weight is 291 g/mol. The van der Waals surface area contributed by atoms with Crippen molar-refractivity contribution in [3.8, 4) is 0 Å². The molecule has 20 heavy (non-hydrogen) atoms. The van der Waals surface area contributed by atoms with Crippen LogP contribution in [0.25, 0.3) is 0 Å². The lowest BCUT2D eigenvalue weighted by atomic mass is 10.2. The Bertz CT molecular complexity index is 566. The fourth-order valence-electron chi connectivity index (χ4n) is 1.95.